The van der Waals surface area contributed by atoms with Crippen molar-refractivity contribution < 1.29 is 9.53 Å². The average molecular weight is 273 g/mol. The predicted molar refractivity (Wildman–Crippen MR) is 78.2 cm³/mol. The number of para-hydroxylation sites is 2. The molecule has 1 amide bonds. The molecular formula is C15H19N3O2. The van der Waals surface area contributed by atoms with Crippen molar-refractivity contribution in [3.63, 3.8) is 0 Å². The van der Waals surface area contributed by atoms with E-state index < -0.39 is 5.91 Å². The highest BCUT2D eigenvalue weighted by atomic mass is 16.5. The van der Waals surface area contributed by atoms with Crippen LogP contribution in [0.15, 0.2) is 36.0 Å². The van der Waals surface area contributed by atoms with Gasteiger partial charge in [0.1, 0.15) is 17.4 Å². The molecule has 0 saturated heterocycles. The molecule has 5 heteroatoms. The fourth-order valence-corrected chi connectivity index (χ4v) is 1.48. The van der Waals surface area contributed by atoms with Crippen LogP contribution in [0.25, 0.3) is 0 Å². The van der Waals surface area contributed by atoms with Crippen LogP contribution >= 0.6 is 0 Å². The number of nitrogens with one attached hydrogen (secondary N) is 2. The number of nitrogens with zero attached hydrogens (tertiary/aromatic N) is 1. The molecule has 1 rings (SSSR count). The fraction of sp³-hybridized carbons (Fsp3) is 0.333. The summed E-state index contributed by atoms with van der Waals surface area (Å²) >= 11 is 0. The molecule has 2 N–H and O–H groups in total. The first-order valence-corrected chi connectivity index (χ1v) is 6.36. The third kappa shape index (κ3) is 4.65. The number of benzene rings is 1. The first-order valence-electron chi connectivity index (χ1n) is 6.36. The smallest absolute Gasteiger partial charge is 0.267 e. The lowest BCUT2D eigenvalue weighted by Gasteiger charge is -2.09. The normalized spacial score (nSPS) is 10.8. The molecule has 106 valence electrons. The molecule has 0 fully saturated rings. The number of hydrogen-bond acceptors (Lipinski definition) is 4. The molecule has 0 aliphatic carbocycles. The molecule has 0 saturated carbocycles. The lowest BCUT2D eigenvalue weighted by atomic mass is 10.2. The van der Waals surface area contributed by atoms with Gasteiger partial charge in [0.2, 0.25) is 0 Å². The van der Waals surface area contributed by atoms with E-state index in [0.717, 1.165) is 0 Å². The minimum atomic E-state index is -0.465. The van der Waals surface area contributed by atoms with E-state index in [1.165, 1.54) is 13.3 Å². The Hall–Kier alpha value is -2.48. The van der Waals surface area contributed by atoms with Crippen molar-refractivity contribution in [2.75, 3.05) is 19.0 Å². The van der Waals surface area contributed by atoms with Gasteiger partial charge in [0.05, 0.1) is 12.8 Å². The van der Waals surface area contributed by atoms with Gasteiger partial charge in [-0.2, -0.15) is 5.26 Å². The maximum absolute atomic E-state index is 12.0. The monoisotopic (exact) mass is 273 g/mol. The van der Waals surface area contributed by atoms with Gasteiger partial charge in [-0.05, 0) is 18.1 Å². The topological polar surface area (TPSA) is 74.1 Å². The summed E-state index contributed by atoms with van der Waals surface area (Å²) in [4.78, 5) is 12.0. The first-order chi connectivity index (χ1) is 9.58. The Morgan fingerprint density at radius 1 is 1.45 bits per heavy atom. The van der Waals surface area contributed by atoms with E-state index in [4.69, 9.17) is 10.00 Å². The maximum Gasteiger partial charge on any atom is 0.267 e. The Labute approximate surface area is 119 Å². The van der Waals surface area contributed by atoms with Crippen LogP contribution in [0.1, 0.15) is 13.8 Å². The molecule has 1 aromatic rings. The number of ether oxygens (including phenoxy) is 1. The molecule has 0 heterocycles. The highest BCUT2D eigenvalue weighted by Gasteiger charge is 2.11. The van der Waals surface area contributed by atoms with Crippen molar-refractivity contribution in [2.45, 2.75) is 13.8 Å². The minimum absolute atomic E-state index is 0.0246. The van der Waals surface area contributed by atoms with Crippen LogP contribution in [0.5, 0.6) is 5.75 Å². The Morgan fingerprint density at radius 2 is 2.15 bits per heavy atom. The maximum atomic E-state index is 12.0. The van der Waals surface area contributed by atoms with E-state index in [1.54, 1.807) is 24.3 Å². The minimum Gasteiger partial charge on any atom is -0.495 e. The van der Waals surface area contributed by atoms with Crippen LogP contribution in [0.2, 0.25) is 0 Å². The summed E-state index contributed by atoms with van der Waals surface area (Å²) in [7, 11) is 1.52. The summed E-state index contributed by atoms with van der Waals surface area (Å²) in [5, 5.41) is 14.6. The third-order valence-corrected chi connectivity index (χ3v) is 2.49. The van der Waals surface area contributed by atoms with E-state index in [-0.39, 0.29) is 5.57 Å². The molecule has 5 nitrogen and oxygen atoms in total. The number of carbonyl (C=O) groups is 1. The third-order valence-electron chi connectivity index (χ3n) is 2.49. The Kier molecular flexibility index (Phi) is 6.11. The van der Waals surface area contributed by atoms with Crippen molar-refractivity contribution >= 4 is 11.6 Å². The molecule has 0 aliphatic heterocycles. The molecule has 0 radical (unpaired) electrons. The van der Waals surface area contributed by atoms with Crippen LogP contribution in [0.3, 0.4) is 0 Å². The van der Waals surface area contributed by atoms with E-state index in [1.807, 2.05) is 19.9 Å². The highest BCUT2D eigenvalue weighted by molar-refractivity contribution is 6.07. The van der Waals surface area contributed by atoms with Gasteiger partial charge >= 0.3 is 0 Å². The van der Waals surface area contributed by atoms with Gasteiger partial charge in [-0.25, -0.2) is 0 Å². The van der Waals surface area contributed by atoms with Gasteiger partial charge in [0.15, 0.2) is 0 Å². The fourth-order valence-electron chi connectivity index (χ4n) is 1.48. The molecule has 0 bridgehead atoms. The molecular weight excluding hydrogens is 254 g/mol. The second-order valence-corrected chi connectivity index (χ2v) is 4.63. The molecule has 0 atom stereocenters. The van der Waals surface area contributed by atoms with E-state index in [0.29, 0.717) is 23.9 Å². The number of carbonyl (C=O) groups excluding carboxylic acids is 1. The number of hydrogen-bond donors (Lipinski definition) is 2. The van der Waals surface area contributed by atoms with Crippen LogP contribution in [0.4, 0.5) is 5.69 Å². The number of amides is 1. The SMILES string of the molecule is COc1ccccc1NC(=O)/C(C#N)=C\NCC(C)C. The summed E-state index contributed by atoms with van der Waals surface area (Å²) in [5.41, 5.74) is 0.557. The standard InChI is InChI=1S/C15H19N3O2/c1-11(2)9-17-10-12(8-16)15(19)18-13-6-4-5-7-14(13)20-3/h4-7,10-11,17H,9H2,1-3H3,(H,18,19)/b12-10-. The summed E-state index contributed by atoms with van der Waals surface area (Å²) in [6, 6.07) is 8.92. The molecule has 0 unspecified atom stereocenters. The zero-order valence-electron chi connectivity index (χ0n) is 11.9. The van der Waals surface area contributed by atoms with Gasteiger partial charge in [0.25, 0.3) is 5.91 Å². The zero-order chi connectivity index (χ0) is 15.0. The Balaban J connectivity index is 2.75. The number of anilines is 1. The average Bonchev–Trinajstić information content (AvgIpc) is 2.43. The molecule has 20 heavy (non-hydrogen) atoms. The van der Waals surface area contributed by atoms with Gasteiger partial charge in [-0.3, -0.25) is 4.79 Å². The van der Waals surface area contributed by atoms with E-state index >= 15 is 0 Å². The molecule has 0 aromatic heterocycles. The first kappa shape index (κ1) is 15.6. The van der Waals surface area contributed by atoms with Crippen LogP contribution in [0, 0.1) is 17.2 Å². The van der Waals surface area contributed by atoms with Gasteiger partial charge in [-0.1, -0.05) is 26.0 Å². The molecule has 0 aliphatic rings. The van der Waals surface area contributed by atoms with Gasteiger partial charge in [0, 0.05) is 12.7 Å². The summed E-state index contributed by atoms with van der Waals surface area (Å²) < 4.78 is 5.14. The van der Waals surface area contributed by atoms with E-state index in [9.17, 15) is 4.79 Å². The second kappa shape index (κ2) is 7.85. The van der Waals surface area contributed by atoms with Crippen LogP contribution in [-0.4, -0.2) is 19.6 Å². The zero-order valence-corrected chi connectivity index (χ0v) is 11.9. The van der Waals surface area contributed by atoms with E-state index in [2.05, 4.69) is 10.6 Å². The second-order valence-electron chi connectivity index (χ2n) is 4.63. The van der Waals surface area contributed by atoms with Crippen molar-refractivity contribution in [1.82, 2.24) is 5.32 Å². The summed E-state index contributed by atoms with van der Waals surface area (Å²) in [5.74, 6) is 0.519. The summed E-state index contributed by atoms with van der Waals surface area (Å²) in [6.07, 6.45) is 1.44. The van der Waals surface area contributed by atoms with Crippen molar-refractivity contribution in [1.29, 1.82) is 5.26 Å². The Morgan fingerprint density at radius 3 is 2.75 bits per heavy atom. The van der Waals surface area contributed by atoms with Crippen molar-refractivity contribution in [3.8, 4) is 11.8 Å². The van der Waals surface area contributed by atoms with Gasteiger partial charge in [-0.15, -0.1) is 0 Å². The van der Waals surface area contributed by atoms with Crippen molar-refractivity contribution in [2.24, 2.45) is 5.92 Å². The largest absolute Gasteiger partial charge is 0.495 e. The predicted octanol–water partition coefficient (Wildman–Crippen LogP) is 2.29. The molecule has 0 spiro atoms. The van der Waals surface area contributed by atoms with Crippen LogP contribution < -0.4 is 15.4 Å². The number of nitriles is 1. The lowest BCUT2D eigenvalue weighted by Crippen LogP contribution is -2.19. The van der Waals surface area contributed by atoms with Crippen molar-refractivity contribution in [3.05, 3.63) is 36.0 Å². The quantitative estimate of drug-likeness (QED) is 0.616. The lowest BCUT2D eigenvalue weighted by molar-refractivity contribution is -0.112. The highest BCUT2D eigenvalue weighted by Crippen LogP contribution is 2.23. The number of rotatable bonds is 6. The Bertz CT molecular complexity index is 530. The summed E-state index contributed by atoms with van der Waals surface area (Å²) in [6.45, 7) is 4.79. The molecule has 1 aromatic carbocycles. The van der Waals surface area contributed by atoms with Crippen LogP contribution in [-0.2, 0) is 4.79 Å². The number of methoxy groups -OCH3 is 1. The van der Waals surface area contributed by atoms with Gasteiger partial charge < -0.3 is 15.4 Å².